The molecule has 0 amide bonds. The second-order valence-electron chi connectivity index (χ2n) is 6.64. The number of likely N-dealkylation sites (tertiary alicyclic amines) is 1. The highest BCUT2D eigenvalue weighted by molar-refractivity contribution is 7.10. The predicted molar refractivity (Wildman–Crippen MR) is 87.3 cm³/mol. The SMILES string of the molecule is CN1CCCC(NC(c2cccs2)C2CCCC2)CC1. The van der Waals surface area contributed by atoms with Crippen LogP contribution in [0.25, 0.3) is 0 Å². The molecule has 112 valence electrons. The summed E-state index contributed by atoms with van der Waals surface area (Å²) in [6.07, 6.45) is 9.70. The Balaban J connectivity index is 1.66. The van der Waals surface area contributed by atoms with E-state index in [1.807, 2.05) is 11.3 Å². The van der Waals surface area contributed by atoms with Gasteiger partial charge in [0, 0.05) is 17.0 Å². The van der Waals surface area contributed by atoms with E-state index in [4.69, 9.17) is 0 Å². The highest BCUT2D eigenvalue weighted by Crippen LogP contribution is 2.38. The van der Waals surface area contributed by atoms with E-state index in [1.54, 1.807) is 4.88 Å². The molecule has 1 aliphatic carbocycles. The molecule has 1 aromatic heterocycles. The van der Waals surface area contributed by atoms with Crippen LogP contribution in [0.3, 0.4) is 0 Å². The number of nitrogens with zero attached hydrogens (tertiary/aromatic N) is 1. The van der Waals surface area contributed by atoms with Crippen LogP contribution in [0.2, 0.25) is 0 Å². The monoisotopic (exact) mass is 292 g/mol. The minimum absolute atomic E-state index is 0.617. The molecule has 1 saturated carbocycles. The summed E-state index contributed by atoms with van der Waals surface area (Å²) in [5, 5.41) is 6.28. The number of hydrogen-bond acceptors (Lipinski definition) is 3. The first-order valence-electron chi connectivity index (χ1n) is 8.31. The van der Waals surface area contributed by atoms with Crippen molar-refractivity contribution in [3.8, 4) is 0 Å². The summed E-state index contributed by atoms with van der Waals surface area (Å²) >= 11 is 1.94. The molecule has 0 radical (unpaired) electrons. The van der Waals surface area contributed by atoms with Gasteiger partial charge in [-0.05, 0) is 69.6 Å². The lowest BCUT2D eigenvalue weighted by atomic mass is 9.95. The van der Waals surface area contributed by atoms with E-state index in [9.17, 15) is 0 Å². The minimum Gasteiger partial charge on any atom is -0.306 e. The van der Waals surface area contributed by atoms with Crippen molar-refractivity contribution in [2.45, 2.75) is 57.0 Å². The lowest BCUT2D eigenvalue weighted by Gasteiger charge is -2.29. The Bertz CT molecular complexity index is 384. The molecule has 2 heterocycles. The number of hydrogen-bond donors (Lipinski definition) is 1. The first-order chi connectivity index (χ1) is 9.83. The van der Waals surface area contributed by atoms with E-state index in [0.29, 0.717) is 12.1 Å². The molecule has 2 unspecified atom stereocenters. The summed E-state index contributed by atoms with van der Waals surface area (Å²) in [4.78, 5) is 4.05. The maximum absolute atomic E-state index is 4.04. The van der Waals surface area contributed by atoms with Crippen LogP contribution in [0.5, 0.6) is 0 Å². The Kier molecular flexibility index (Phi) is 5.14. The van der Waals surface area contributed by atoms with Crippen LogP contribution in [-0.2, 0) is 0 Å². The van der Waals surface area contributed by atoms with Gasteiger partial charge in [-0.15, -0.1) is 11.3 Å². The Hall–Kier alpha value is -0.380. The molecule has 0 aromatic carbocycles. The zero-order valence-corrected chi connectivity index (χ0v) is 13.5. The van der Waals surface area contributed by atoms with Crippen molar-refractivity contribution in [2.24, 2.45) is 5.92 Å². The van der Waals surface area contributed by atoms with Crippen molar-refractivity contribution in [2.75, 3.05) is 20.1 Å². The smallest absolute Gasteiger partial charge is 0.0445 e. The summed E-state index contributed by atoms with van der Waals surface area (Å²) in [6.45, 7) is 2.52. The highest BCUT2D eigenvalue weighted by Gasteiger charge is 2.29. The maximum Gasteiger partial charge on any atom is 0.0445 e. The van der Waals surface area contributed by atoms with Gasteiger partial charge in [-0.2, -0.15) is 0 Å². The molecule has 0 bridgehead atoms. The average molecular weight is 292 g/mol. The molecular formula is C17H28N2S. The van der Waals surface area contributed by atoms with E-state index >= 15 is 0 Å². The summed E-state index contributed by atoms with van der Waals surface area (Å²) < 4.78 is 0. The van der Waals surface area contributed by atoms with Gasteiger partial charge in [0.2, 0.25) is 0 Å². The summed E-state index contributed by atoms with van der Waals surface area (Å²) in [6, 6.07) is 5.88. The van der Waals surface area contributed by atoms with Gasteiger partial charge in [-0.3, -0.25) is 0 Å². The largest absolute Gasteiger partial charge is 0.306 e. The molecule has 2 nitrogen and oxygen atoms in total. The van der Waals surface area contributed by atoms with Gasteiger partial charge >= 0.3 is 0 Å². The topological polar surface area (TPSA) is 15.3 Å². The van der Waals surface area contributed by atoms with Crippen LogP contribution in [0.4, 0.5) is 0 Å². The lowest BCUT2D eigenvalue weighted by Crippen LogP contribution is -2.36. The standard InChI is InChI=1S/C17H28N2S/c1-19-11-4-8-15(10-12-19)18-17(14-6-2-3-7-14)16-9-5-13-20-16/h5,9,13-15,17-18H,2-4,6-8,10-12H2,1H3. The fourth-order valence-corrected chi connectivity index (χ4v) is 4.75. The number of nitrogens with one attached hydrogen (secondary N) is 1. The summed E-state index contributed by atoms with van der Waals surface area (Å²) in [5.74, 6) is 0.870. The predicted octanol–water partition coefficient (Wildman–Crippen LogP) is 4.05. The minimum atomic E-state index is 0.617. The molecule has 1 saturated heterocycles. The normalized spacial score (nSPS) is 27.6. The second-order valence-corrected chi connectivity index (χ2v) is 7.61. The van der Waals surface area contributed by atoms with Crippen molar-refractivity contribution in [1.82, 2.24) is 10.2 Å². The molecule has 20 heavy (non-hydrogen) atoms. The van der Waals surface area contributed by atoms with Gasteiger partial charge < -0.3 is 10.2 Å². The third kappa shape index (κ3) is 3.63. The molecular weight excluding hydrogens is 264 g/mol. The van der Waals surface area contributed by atoms with Crippen molar-refractivity contribution in [1.29, 1.82) is 0 Å². The van der Waals surface area contributed by atoms with Crippen molar-refractivity contribution >= 4 is 11.3 Å². The Morgan fingerprint density at radius 2 is 2.00 bits per heavy atom. The Labute approximate surface area is 127 Å². The fraction of sp³-hybridized carbons (Fsp3) is 0.765. The van der Waals surface area contributed by atoms with E-state index in [1.165, 1.54) is 58.0 Å². The van der Waals surface area contributed by atoms with E-state index in [-0.39, 0.29) is 0 Å². The van der Waals surface area contributed by atoms with Crippen LogP contribution in [0.1, 0.15) is 55.9 Å². The van der Waals surface area contributed by atoms with Crippen molar-refractivity contribution in [3.63, 3.8) is 0 Å². The van der Waals surface area contributed by atoms with Crippen LogP contribution in [0.15, 0.2) is 17.5 Å². The third-order valence-corrected chi connectivity index (χ3v) is 6.04. The molecule has 2 atom stereocenters. The zero-order valence-electron chi connectivity index (χ0n) is 12.7. The van der Waals surface area contributed by atoms with Crippen LogP contribution in [-0.4, -0.2) is 31.1 Å². The number of thiophene rings is 1. The molecule has 3 heteroatoms. The molecule has 1 aliphatic heterocycles. The first kappa shape index (κ1) is 14.6. The Morgan fingerprint density at radius 1 is 1.15 bits per heavy atom. The van der Waals surface area contributed by atoms with E-state index in [2.05, 4.69) is 34.8 Å². The molecule has 1 aromatic rings. The molecule has 0 spiro atoms. The Morgan fingerprint density at radius 3 is 2.75 bits per heavy atom. The molecule has 2 aliphatic rings. The fourth-order valence-electron chi connectivity index (χ4n) is 3.87. The summed E-state index contributed by atoms with van der Waals surface area (Å²) in [7, 11) is 2.26. The van der Waals surface area contributed by atoms with Gasteiger partial charge in [0.25, 0.3) is 0 Å². The second kappa shape index (κ2) is 7.06. The quantitative estimate of drug-likeness (QED) is 0.900. The third-order valence-electron chi connectivity index (χ3n) is 5.09. The molecule has 1 N–H and O–H groups in total. The van der Waals surface area contributed by atoms with Gasteiger partial charge in [-0.25, -0.2) is 0 Å². The van der Waals surface area contributed by atoms with Crippen molar-refractivity contribution < 1.29 is 0 Å². The van der Waals surface area contributed by atoms with Gasteiger partial charge in [0.05, 0.1) is 0 Å². The number of rotatable bonds is 4. The maximum atomic E-state index is 4.04. The van der Waals surface area contributed by atoms with E-state index < -0.39 is 0 Å². The lowest BCUT2D eigenvalue weighted by molar-refractivity contribution is 0.307. The molecule has 2 fully saturated rings. The molecule has 3 rings (SSSR count). The zero-order chi connectivity index (χ0) is 13.8. The van der Waals surface area contributed by atoms with Crippen molar-refractivity contribution in [3.05, 3.63) is 22.4 Å². The average Bonchev–Trinajstić information content (AvgIpc) is 3.11. The van der Waals surface area contributed by atoms with Gasteiger partial charge in [-0.1, -0.05) is 18.9 Å². The van der Waals surface area contributed by atoms with Gasteiger partial charge in [0.1, 0.15) is 0 Å². The first-order valence-corrected chi connectivity index (χ1v) is 9.19. The summed E-state index contributed by atoms with van der Waals surface area (Å²) in [5.41, 5.74) is 0. The van der Waals surface area contributed by atoms with E-state index in [0.717, 1.165) is 5.92 Å². The van der Waals surface area contributed by atoms with Gasteiger partial charge in [0.15, 0.2) is 0 Å². The highest BCUT2D eigenvalue weighted by atomic mass is 32.1. The van der Waals surface area contributed by atoms with Crippen LogP contribution < -0.4 is 5.32 Å². The van der Waals surface area contributed by atoms with Crippen LogP contribution >= 0.6 is 11.3 Å². The van der Waals surface area contributed by atoms with Crippen LogP contribution in [0, 0.1) is 5.92 Å².